The summed E-state index contributed by atoms with van der Waals surface area (Å²) in [6.45, 7) is 1.64. The molecule has 2 N–H and O–H groups in total. The molecule has 0 amide bonds. The summed E-state index contributed by atoms with van der Waals surface area (Å²) in [5, 5.41) is 2.29. The van der Waals surface area contributed by atoms with Crippen molar-refractivity contribution in [1.82, 2.24) is 0 Å². The van der Waals surface area contributed by atoms with E-state index in [1.807, 2.05) is 6.07 Å². The second-order valence-electron chi connectivity index (χ2n) is 7.12. The van der Waals surface area contributed by atoms with Gasteiger partial charge in [0, 0.05) is 37.0 Å². The first-order valence-corrected chi connectivity index (χ1v) is 9.22. The summed E-state index contributed by atoms with van der Waals surface area (Å²) < 4.78 is 5.36. The molecule has 2 aromatic rings. The van der Waals surface area contributed by atoms with Crippen LogP contribution in [0.4, 0.5) is 0 Å². The molecule has 0 unspecified atom stereocenters. The number of ketones is 2. The molecule has 5 nitrogen and oxygen atoms in total. The highest BCUT2D eigenvalue weighted by Crippen LogP contribution is 2.31. The van der Waals surface area contributed by atoms with Crippen molar-refractivity contribution in [2.75, 3.05) is 13.1 Å². The van der Waals surface area contributed by atoms with E-state index < -0.39 is 5.92 Å². The Morgan fingerprint density at radius 1 is 1.12 bits per heavy atom. The van der Waals surface area contributed by atoms with Gasteiger partial charge in [-0.25, -0.2) is 0 Å². The normalized spacial score (nSPS) is 26.2. The topological polar surface area (TPSA) is 76.2 Å². The van der Waals surface area contributed by atoms with Crippen molar-refractivity contribution in [2.24, 2.45) is 10.9 Å². The molecule has 2 aliphatic rings. The summed E-state index contributed by atoms with van der Waals surface area (Å²) in [6.07, 6.45) is 4.91. The molecule has 0 radical (unpaired) electrons. The lowest BCUT2D eigenvalue weighted by atomic mass is 9.79. The van der Waals surface area contributed by atoms with Crippen molar-refractivity contribution in [3.63, 3.8) is 0 Å². The van der Waals surface area contributed by atoms with Crippen molar-refractivity contribution in [2.45, 2.75) is 31.2 Å². The number of nitrogens with two attached hydrogens (primary N) is 1. The molecule has 0 bridgehead atoms. The minimum Gasteiger partial charge on any atom is -0.469 e. The highest BCUT2D eigenvalue weighted by Gasteiger charge is 2.36. The zero-order valence-corrected chi connectivity index (χ0v) is 14.6. The minimum absolute atomic E-state index is 0.0561. The first kappa shape index (κ1) is 16.9. The molecule has 1 aromatic carbocycles. The highest BCUT2D eigenvalue weighted by atomic mass is 16.3. The summed E-state index contributed by atoms with van der Waals surface area (Å²) in [4.78, 5) is 29.3. The van der Waals surface area contributed by atoms with E-state index in [1.165, 1.54) is 11.1 Å². The largest absolute Gasteiger partial charge is 0.469 e. The van der Waals surface area contributed by atoms with Crippen LogP contribution in [-0.4, -0.2) is 30.9 Å². The number of hydrogen-bond donors (Lipinski definition) is 1. The fourth-order valence-electron chi connectivity index (χ4n) is 4.03. The molecule has 1 atom stereocenters. The van der Waals surface area contributed by atoms with Gasteiger partial charge in [-0.05, 0) is 17.7 Å². The maximum atomic E-state index is 12.4. The first-order chi connectivity index (χ1) is 12.7. The number of carbonyl (C=O) groups is 2. The van der Waals surface area contributed by atoms with Gasteiger partial charge >= 0.3 is 0 Å². The fourth-order valence-corrected chi connectivity index (χ4v) is 4.03. The van der Waals surface area contributed by atoms with E-state index in [1.54, 1.807) is 18.5 Å². The molecule has 4 rings (SSSR count). The summed E-state index contributed by atoms with van der Waals surface area (Å²) in [5.74, 6) is -0.220. The molecule has 1 aliphatic heterocycles. The fraction of sp³-hybridized carbons (Fsp3) is 0.381. The molecule has 1 aromatic heterocycles. The van der Waals surface area contributed by atoms with Crippen LogP contribution in [-0.2, 0) is 16.0 Å². The molecule has 1 saturated carbocycles. The van der Waals surface area contributed by atoms with Crippen LogP contribution in [0.15, 0.2) is 52.1 Å². The van der Waals surface area contributed by atoms with Gasteiger partial charge in [-0.1, -0.05) is 24.3 Å². The lowest BCUT2D eigenvalue weighted by Crippen LogP contribution is -2.87. The van der Waals surface area contributed by atoms with E-state index in [-0.39, 0.29) is 23.5 Å². The monoisotopic (exact) mass is 351 g/mol. The summed E-state index contributed by atoms with van der Waals surface area (Å²) in [6, 6.07) is 12.3. The lowest BCUT2D eigenvalue weighted by molar-refractivity contribution is -0.696. The molecule has 2 heterocycles. The molecule has 0 spiro atoms. The predicted molar refractivity (Wildman–Crippen MR) is 97.2 cm³/mol. The molecule has 1 fully saturated rings. The maximum absolute atomic E-state index is 12.4. The number of furan rings is 1. The third-order valence-corrected chi connectivity index (χ3v) is 5.41. The molecule has 1 aliphatic carbocycles. The van der Waals surface area contributed by atoms with Crippen LogP contribution in [0.2, 0.25) is 0 Å². The number of fused-ring (bicyclic) bond motifs is 1. The van der Waals surface area contributed by atoms with Gasteiger partial charge in [0.25, 0.3) is 0 Å². The van der Waals surface area contributed by atoms with Crippen LogP contribution in [0.3, 0.4) is 0 Å². The Morgan fingerprint density at radius 2 is 1.92 bits per heavy atom. The van der Waals surface area contributed by atoms with Crippen LogP contribution in [0.1, 0.15) is 41.7 Å². The van der Waals surface area contributed by atoms with Gasteiger partial charge < -0.3 is 9.73 Å². The quantitative estimate of drug-likeness (QED) is 0.675. The van der Waals surface area contributed by atoms with E-state index in [0.29, 0.717) is 19.4 Å². The SMILES string of the molecule is O=C1CC(c2ccco2)CC(=O)C1C=NC[C@H]1[NH2+]CCc2ccccc21. The lowest BCUT2D eigenvalue weighted by Gasteiger charge is -2.24. The van der Waals surface area contributed by atoms with Gasteiger partial charge in [0.15, 0.2) is 0 Å². The molecular formula is C21H23N2O3+. The van der Waals surface area contributed by atoms with Gasteiger partial charge in [0.05, 0.1) is 19.4 Å². The first-order valence-electron chi connectivity index (χ1n) is 9.22. The van der Waals surface area contributed by atoms with Crippen LogP contribution in [0.5, 0.6) is 0 Å². The average molecular weight is 351 g/mol. The molecule has 134 valence electrons. The average Bonchev–Trinajstić information content (AvgIpc) is 3.19. The Bertz CT molecular complexity index is 808. The van der Waals surface area contributed by atoms with E-state index in [2.05, 4.69) is 34.6 Å². The van der Waals surface area contributed by atoms with Crippen molar-refractivity contribution < 1.29 is 19.3 Å². The number of carbonyl (C=O) groups excluding carboxylic acids is 2. The van der Waals surface area contributed by atoms with E-state index in [9.17, 15) is 9.59 Å². The van der Waals surface area contributed by atoms with Gasteiger partial charge in [0.2, 0.25) is 0 Å². The van der Waals surface area contributed by atoms with E-state index in [4.69, 9.17) is 4.42 Å². The third kappa shape index (κ3) is 3.40. The van der Waals surface area contributed by atoms with Crippen LogP contribution in [0.25, 0.3) is 0 Å². The number of benzene rings is 1. The Hall–Kier alpha value is -2.53. The smallest absolute Gasteiger partial charge is 0.149 e. The van der Waals surface area contributed by atoms with Gasteiger partial charge in [-0.15, -0.1) is 0 Å². The van der Waals surface area contributed by atoms with Crippen molar-refractivity contribution in [1.29, 1.82) is 0 Å². The zero-order valence-electron chi connectivity index (χ0n) is 14.6. The number of aliphatic imine (C=N–C) groups is 1. The second-order valence-corrected chi connectivity index (χ2v) is 7.12. The minimum atomic E-state index is -0.694. The molecule has 0 saturated heterocycles. The summed E-state index contributed by atoms with van der Waals surface area (Å²) in [5.41, 5.74) is 2.69. The van der Waals surface area contributed by atoms with Crippen molar-refractivity contribution >= 4 is 17.8 Å². The number of quaternary nitrogens is 1. The van der Waals surface area contributed by atoms with Gasteiger partial charge in [-0.3, -0.25) is 14.6 Å². The number of nitrogens with zero attached hydrogens (tertiary/aromatic N) is 1. The van der Waals surface area contributed by atoms with Crippen molar-refractivity contribution in [3.8, 4) is 0 Å². The summed E-state index contributed by atoms with van der Waals surface area (Å²) in [7, 11) is 0. The molecule has 26 heavy (non-hydrogen) atoms. The van der Waals surface area contributed by atoms with Crippen LogP contribution < -0.4 is 5.32 Å². The molecule has 5 heteroatoms. The predicted octanol–water partition coefficient (Wildman–Crippen LogP) is 1.84. The Morgan fingerprint density at radius 3 is 2.69 bits per heavy atom. The third-order valence-electron chi connectivity index (χ3n) is 5.41. The zero-order chi connectivity index (χ0) is 17.9. The van der Waals surface area contributed by atoms with Gasteiger partial charge in [-0.2, -0.15) is 0 Å². The number of Topliss-reactive ketones (excluding diaryl/α,β-unsaturated/α-hetero) is 2. The highest BCUT2D eigenvalue weighted by molar-refractivity contribution is 6.16. The number of hydrogen-bond acceptors (Lipinski definition) is 4. The van der Waals surface area contributed by atoms with Crippen LogP contribution in [0, 0.1) is 5.92 Å². The van der Waals surface area contributed by atoms with Gasteiger partial charge in [0.1, 0.15) is 29.3 Å². The Kier molecular flexibility index (Phi) is 4.80. The Labute approximate surface area is 152 Å². The standard InChI is InChI=1S/C21H22N2O3/c24-19-10-15(21-6-3-9-26-21)11-20(25)17(19)12-22-13-18-16-5-2-1-4-14(16)7-8-23-18/h1-6,9,12,15,17-18,23H,7-8,10-11,13H2/p+1/t15?,17?,18-/m1/s1. The number of rotatable bonds is 4. The van der Waals surface area contributed by atoms with Crippen LogP contribution >= 0.6 is 0 Å². The maximum Gasteiger partial charge on any atom is 0.149 e. The second kappa shape index (κ2) is 7.38. The van der Waals surface area contributed by atoms with Crippen molar-refractivity contribution in [3.05, 3.63) is 59.5 Å². The van der Waals surface area contributed by atoms with E-state index in [0.717, 1.165) is 18.7 Å². The van der Waals surface area contributed by atoms with E-state index >= 15 is 0 Å². The molecular weight excluding hydrogens is 328 g/mol. The Balaban J connectivity index is 1.40. The summed E-state index contributed by atoms with van der Waals surface area (Å²) >= 11 is 0.